The minimum Gasteiger partial charge on any atom is -0.462 e. The van der Waals surface area contributed by atoms with Gasteiger partial charge in [0.25, 0.3) is 0 Å². The summed E-state index contributed by atoms with van der Waals surface area (Å²) in [4.78, 5) is 42.1. The minimum absolute atomic E-state index is 0.00581. The van der Waals surface area contributed by atoms with Gasteiger partial charge in [-0.2, -0.15) is 0 Å². The molecule has 0 aliphatic rings. The van der Waals surface area contributed by atoms with Crippen LogP contribution in [0.3, 0.4) is 0 Å². The Morgan fingerprint density at radius 2 is 1.36 bits per heavy atom. The second kappa shape index (κ2) is 26.5. The third-order valence-corrected chi connectivity index (χ3v) is 6.53. The largest absolute Gasteiger partial charge is 0.469 e. The average Bonchev–Trinajstić information content (AvgIpc) is 2.93. The fraction of sp³-hybridized carbons (Fsp3) is 0.677. The van der Waals surface area contributed by atoms with Crippen LogP contribution >= 0.6 is 7.82 Å². The van der Waals surface area contributed by atoms with E-state index in [-0.39, 0.29) is 12.8 Å². The first-order valence-corrected chi connectivity index (χ1v) is 16.7. The fourth-order valence-electron chi connectivity index (χ4n) is 3.68. The Bertz CT molecular complexity index is 862. The molecular formula is C31H53O10P. The lowest BCUT2D eigenvalue weighted by atomic mass is 10.1. The number of carbonyl (C=O) groups excluding carboxylic acids is 2. The number of esters is 2. The van der Waals surface area contributed by atoms with Crippen molar-refractivity contribution in [2.45, 2.75) is 122 Å². The van der Waals surface area contributed by atoms with Gasteiger partial charge < -0.3 is 29.5 Å². The van der Waals surface area contributed by atoms with Crippen LogP contribution < -0.4 is 0 Å². The molecule has 0 fully saturated rings. The first-order valence-electron chi connectivity index (χ1n) is 15.1. The van der Waals surface area contributed by atoms with E-state index >= 15 is 0 Å². The maximum atomic E-state index is 12.1. The van der Waals surface area contributed by atoms with E-state index in [1.165, 1.54) is 19.3 Å². The summed E-state index contributed by atoms with van der Waals surface area (Å²) >= 11 is 0. The van der Waals surface area contributed by atoms with Crippen LogP contribution in [0.2, 0.25) is 0 Å². The maximum absolute atomic E-state index is 12.1. The summed E-state index contributed by atoms with van der Waals surface area (Å²) < 4.78 is 25.8. The summed E-state index contributed by atoms with van der Waals surface area (Å²) in [5, 5.41) is 20.0. The quantitative estimate of drug-likeness (QED) is 0.0298. The molecule has 0 amide bonds. The number of hydrogen-bond donors (Lipinski definition) is 4. The van der Waals surface area contributed by atoms with Crippen LogP contribution in [0.15, 0.2) is 48.6 Å². The Morgan fingerprint density at radius 3 is 2.02 bits per heavy atom. The lowest BCUT2D eigenvalue weighted by molar-refractivity contribution is -0.161. The molecule has 11 heteroatoms. The minimum atomic E-state index is -4.79. The molecule has 0 radical (unpaired) electrons. The van der Waals surface area contributed by atoms with Crippen molar-refractivity contribution in [2.75, 3.05) is 13.2 Å². The summed E-state index contributed by atoms with van der Waals surface area (Å²) in [6, 6.07) is 0. The number of rotatable bonds is 26. The lowest BCUT2D eigenvalue weighted by Gasteiger charge is -2.18. The van der Waals surface area contributed by atoms with Gasteiger partial charge in [-0.1, -0.05) is 101 Å². The zero-order chi connectivity index (χ0) is 31.5. The Labute approximate surface area is 251 Å². The van der Waals surface area contributed by atoms with Gasteiger partial charge in [0.2, 0.25) is 0 Å². The SMILES string of the molecule is CCCCC/C=C\C[C@@H](O)/C=C/C=C/C=C\[C@@H](O)CCCC(=O)OC[C@H](COP(=O)(O)O)OC(=O)CCCCCCC. The number of unbranched alkanes of at least 4 members (excludes halogenated alkanes) is 7. The van der Waals surface area contributed by atoms with Crippen molar-refractivity contribution in [3.05, 3.63) is 48.6 Å². The highest BCUT2D eigenvalue weighted by atomic mass is 31.2. The van der Waals surface area contributed by atoms with E-state index in [1.807, 2.05) is 6.08 Å². The second-order valence-corrected chi connectivity index (χ2v) is 11.4. The highest BCUT2D eigenvalue weighted by Crippen LogP contribution is 2.35. The van der Waals surface area contributed by atoms with Gasteiger partial charge in [-0.05, 0) is 38.5 Å². The van der Waals surface area contributed by atoms with Crippen LogP contribution in [0.25, 0.3) is 0 Å². The van der Waals surface area contributed by atoms with E-state index in [4.69, 9.17) is 19.3 Å². The normalized spacial score (nSPS) is 14.7. The Balaban J connectivity index is 4.32. The van der Waals surface area contributed by atoms with Gasteiger partial charge in [0.15, 0.2) is 6.10 Å². The highest BCUT2D eigenvalue weighted by molar-refractivity contribution is 7.46. The van der Waals surface area contributed by atoms with Gasteiger partial charge in [-0.25, -0.2) is 4.57 Å². The molecule has 0 bridgehead atoms. The molecule has 0 aromatic carbocycles. The smallest absolute Gasteiger partial charge is 0.462 e. The monoisotopic (exact) mass is 616 g/mol. The van der Waals surface area contributed by atoms with Gasteiger partial charge in [0, 0.05) is 12.8 Å². The molecule has 0 saturated carbocycles. The molecule has 0 aliphatic heterocycles. The third kappa shape index (κ3) is 28.1. The molecule has 0 rings (SSSR count). The van der Waals surface area contributed by atoms with Crippen LogP contribution in [-0.2, 0) is 28.2 Å². The standard InChI is InChI=1S/C31H53O10P/c1-3-5-7-9-11-14-19-27(32)20-15-12-13-16-21-28(33)22-18-24-30(34)39-25-29(26-40-42(36,37)38)41-31(35)23-17-10-8-6-4-2/h11-16,20-21,27-29,32-33H,3-10,17-19,22-26H2,1-2H3,(H2,36,37,38)/b13-12+,14-11-,20-15+,21-16-/t27-,28-,29-/m1/s1. The Morgan fingerprint density at radius 1 is 0.738 bits per heavy atom. The molecule has 0 heterocycles. The summed E-state index contributed by atoms with van der Waals surface area (Å²) in [7, 11) is -4.79. The van der Waals surface area contributed by atoms with Crippen LogP contribution in [0.1, 0.15) is 104 Å². The molecule has 3 atom stereocenters. The first kappa shape index (κ1) is 39.9. The van der Waals surface area contributed by atoms with Crippen LogP contribution in [0, 0.1) is 0 Å². The summed E-state index contributed by atoms with van der Waals surface area (Å²) in [5.41, 5.74) is 0. The van der Waals surface area contributed by atoms with Crippen molar-refractivity contribution >= 4 is 19.8 Å². The van der Waals surface area contributed by atoms with E-state index in [2.05, 4.69) is 24.4 Å². The summed E-state index contributed by atoms with van der Waals surface area (Å²) in [6.45, 7) is 3.24. The lowest BCUT2D eigenvalue weighted by Crippen LogP contribution is -2.29. The summed E-state index contributed by atoms with van der Waals surface area (Å²) in [5.74, 6) is -1.15. The molecule has 0 aromatic heterocycles. The van der Waals surface area contributed by atoms with Crippen molar-refractivity contribution in [3.8, 4) is 0 Å². The number of aliphatic hydroxyl groups is 2. The molecule has 242 valence electrons. The molecule has 42 heavy (non-hydrogen) atoms. The number of phosphoric ester groups is 1. The van der Waals surface area contributed by atoms with Gasteiger partial charge in [0.05, 0.1) is 18.8 Å². The predicted octanol–water partition coefficient (Wildman–Crippen LogP) is 6.00. The van der Waals surface area contributed by atoms with Gasteiger partial charge in [-0.3, -0.25) is 14.1 Å². The van der Waals surface area contributed by atoms with E-state index in [1.54, 1.807) is 36.5 Å². The zero-order valence-electron chi connectivity index (χ0n) is 25.4. The van der Waals surface area contributed by atoms with E-state index in [0.29, 0.717) is 25.7 Å². The van der Waals surface area contributed by atoms with Crippen molar-refractivity contribution in [3.63, 3.8) is 0 Å². The number of carbonyl (C=O) groups is 2. The van der Waals surface area contributed by atoms with Gasteiger partial charge in [-0.15, -0.1) is 0 Å². The van der Waals surface area contributed by atoms with E-state index in [9.17, 15) is 24.4 Å². The molecular weight excluding hydrogens is 563 g/mol. The summed E-state index contributed by atoms with van der Waals surface area (Å²) in [6.07, 6.45) is 22.5. The number of ether oxygens (including phenoxy) is 2. The van der Waals surface area contributed by atoms with E-state index in [0.717, 1.165) is 32.1 Å². The number of phosphoric acid groups is 1. The topological polar surface area (TPSA) is 160 Å². The van der Waals surface area contributed by atoms with Crippen molar-refractivity contribution < 1.29 is 48.2 Å². The van der Waals surface area contributed by atoms with Crippen molar-refractivity contribution in [1.29, 1.82) is 0 Å². The molecule has 10 nitrogen and oxygen atoms in total. The number of allylic oxidation sites excluding steroid dienone is 5. The fourth-order valence-corrected chi connectivity index (χ4v) is 4.04. The molecule has 0 spiro atoms. The first-order chi connectivity index (χ1) is 20.1. The number of aliphatic hydroxyl groups excluding tert-OH is 2. The molecule has 0 unspecified atom stereocenters. The van der Waals surface area contributed by atoms with Gasteiger partial charge in [0.1, 0.15) is 6.61 Å². The molecule has 0 aromatic rings. The molecule has 0 aliphatic carbocycles. The maximum Gasteiger partial charge on any atom is 0.469 e. The Hall–Kier alpha value is -2.07. The van der Waals surface area contributed by atoms with Crippen molar-refractivity contribution in [2.24, 2.45) is 0 Å². The average molecular weight is 617 g/mol. The molecule has 0 saturated heterocycles. The van der Waals surface area contributed by atoms with E-state index < -0.39 is 51.3 Å². The van der Waals surface area contributed by atoms with Crippen LogP contribution in [0.5, 0.6) is 0 Å². The highest BCUT2D eigenvalue weighted by Gasteiger charge is 2.23. The predicted molar refractivity (Wildman–Crippen MR) is 163 cm³/mol. The Kier molecular flexibility index (Phi) is 25.2. The van der Waals surface area contributed by atoms with Crippen LogP contribution in [-0.4, -0.2) is 63.5 Å². The van der Waals surface area contributed by atoms with Gasteiger partial charge >= 0.3 is 19.8 Å². The van der Waals surface area contributed by atoms with Crippen molar-refractivity contribution in [1.82, 2.24) is 0 Å². The third-order valence-electron chi connectivity index (χ3n) is 6.04. The van der Waals surface area contributed by atoms with Crippen LogP contribution in [0.4, 0.5) is 0 Å². The number of hydrogen-bond acceptors (Lipinski definition) is 8. The molecule has 4 N–H and O–H groups in total. The zero-order valence-corrected chi connectivity index (χ0v) is 26.2. The second-order valence-electron chi connectivity index (χ2n) is 10.1.